The number of anilines is 1. The van der Waals surface area contributed by atoms with Crippen molar-refractivity contribution in [3.8, 4) is 0 Å². The van der Waals surface area contributed by atoms with Gasteiger partial charge < -0.3 is 10.6 Å². The van der Waals surface area contributed by atoms with Gasteiger partial charge in [0.1, 0.15) is 5.69 Å². The number of pyridine rings is 1. The molecule has 120 valence electrons. The minimum atomic E-state index is -1.07. The van der Waals surface area contributed by atoms with Gasteiger partial charge in [-0.2, -0.15) is 0 Å². The van der Waals surface area contributed by atoms with Crippen LogP contribution in [0.4, 0.5) is 14.5 Å². The number of benzene rings is 1. The first-order valence-electron chi connectivity index (χ1n) is 6.90. The first-order valence-corrected chi connectivity index (χ1v) is 6.90. The van der Waals surface area contributed by atoms with Crippen molar-refractivity contribution in [3.63, 3.8) is 0 Å². The Bertz CT molecular complexity index is 748. The maximum Gasteiger partial charge on any atom is 0.274 e. The van der Waals surface area contributed by atoms with E-state index < -0.39 is 17.5 Å². The molecular weight excluding hydrogens is 304 g/mol. The number of carbonyl (C=O) groups is 2. The van der Waals surface area contributed by atoms with Gasteiger partial charge in [-0.05, 0) is 38.1 Å². The molecule has 0 atom stereocenters. The minimum Gasteiger partial charge on any atom is -0.350 e. The Balaban J connectivity index is 2.16. The molecule has 0 aliphatic rings. The first kappa shape index (κ1) is 16.5. The SMILES string of the molecule is CC(C)NC(=O)c1ccnc(C(=O)Nc2ccc(F)c(F)c2)c1. The highest BCUT2D eigenvalue weighted by atomic mass is 19.2. The summed E-state index contributed by atoms with van der Waals surface area (Å²) in [4.78, 5) is 27.9. The average Bonchev–Trinajstić information content (AvgIpc) is 2.50. The van der Waals surface area contributed by atoms with Crippen LogP contribution in [0.3, 0.4) is 0 Å². The lowest BCUT2D eigenvalue weighted by atomic mass is 10.2. The molecule has 0 aliphatic carbocycles. The van der Waals surface area contributed by atoms with Crippen LogP contribution in [-0.4, -0.2) is 22.8 Å². The summed E-state index contributed by atoms with van der Waals surface area (Å²) in [5.41, 5.74) is 0.364. The van der Waals surface area contributed by atoms with Crippen LogP contribution in [0.1, 0.15) is 34.7 Å². The van der Waals surface area contributed by atoms with Crippen LogP contribution in [-0.2, 0) is 0 Å². The Labute approximate surface area is 131 Å². The highest BCUT2D eigenvalue weighted by Crippen LogP contribution is 2.14. The number of aromatic nitrogens is 1. The summed E-state index contributed by atoms with van der Waals surface area (Å²) < 4.78 is 26.0. The van der Waals surface area contributed by atoms with Gasteiger partial charge in [0.2, 0.25) is 0 Å². The molecule has 1 aromatic carbocycles. The van der Waals surface area contributed by atoms with E-state index in [2.05, 4.69) is 15.6 Å². The molecule has 5 nitrogen and oxygen atoms in total. The molecule has 1 heterocycles. The highest BCUT2D eigenvalue weighted by molar-refractivity contribution is 6.04. The zero-order valence-electron chi connectivity index (χ0n) is 12.6. The molecule has 2 amide bonds. The average molecular weight is 319 g/mol. The number of hydrogen-bond acceptors (Lipinski definition) is 3. The summed E-state index contributed by atoms with van der Waals surface area (Å²) in [7, 11) is 0. The van der Waals surface area contributed by atoms with Gasteiger partial charge in [-0.1, -0.05) is 0 Å². The number of amides is 2. The number of nitrogens with zero attached hydrogens (tertiary/aromatic N) is 1. The van der Waals surface area contributed by atoms with Gasteiger partial charge in [0.25, 0.3) is 11.8 Å². The molecule has 0 bridgehead atoms. The molecule has 0 spiro atoms. The molecule has 7 heteroatoms. The monoisotopic (exact) mass is 319 g/mol. The van der Waals surface area contributed by atoms with Gasteiger partial charge in [0.15, 0.2) is 11.6 Å². The lowest BCUT2D eigenvalue weighted by molar-refractivity contribution is 0.0943. The van der Waals surface area contributed by atoms with Crippen molar-refractivity contribution in [3.05, 3.63) is 59.4 Å². The van der Waals surface area contributed by atoms with E-state index in [1.807, 2.05) is 13.8 Å². The van der Waals surface area contributed by atoms with Crippen molar-refractivity contribution in [1.82, 2.24) is 10.3 Å². The maximum atomic E-state index is 13.1. The van der Waals surface area contributed by atoms with E-state index in [0.29, 0.717) is 0 Å². The molecule has 0 saturated carbocycles. The summed E-state index contributed by atoms with van der Waals surface area (Å²) in [6, 6.07) is 5.76. The topological polar surface area (TPSA) is 71.1 Å². The normalized spacial score (nSPS) is 10.5. The molecule has 0 saturated heterocycles. The third kappa shape index (κ3) is 4.32. The van der Waals surface area contributed by atoms with Gasteiger partial charge in [-0.15, -0.1) is 0 Å². The van der Waals surface area contributed by atoms with Crippen LogP contribution in [0.5, 0.6) is 0 Å². The van der Waals surface area contributed by atoms with E-state index in [9.17, 15) is 18.4 Å². The van der Waals surface area contributed by atoms with E-state index in [1.54, 1.807) is 0 Å². The summed E-state index contributed by atoms with van der Waals surface area (Å²) >= 11 is 0. The van der Waals surface area contributed by atoms with Gasteiger partial charge in [-0.25, -0.2) is 8.78 Å². The predicted molar refractivity (Wildman–Crippen MR) is 81.2 cm³/mol. The molecule has 0 radical (unpaired) electrons. The smallest absolute Gasteiger partial charge is 0.274 e. The second kappa shape index (κ2) is 6.95. The van der Waals surface area contributed by atoms with E-state index >= 15 is 0 Å². The van der Waals surface area contributed by atoms with Crippen LogP contribution in [0.15, 0.2) is 36.5 Å². The van der Waals surface area contributed by atoms with Crippen molar-refractivity contribution in [2.24, 2.45) is 0 Å². The zero-order chi connectivity index (χ0) is 17.0. The quantitative estimate of drug-likeness (QED) is 0.910. The van der Waals surface area contributed by atoms with E-state index in [-0.39, 0.29) is 28.9 Å². The van der Waals surface area contributed by atoms with Crippen LogP contribution in [0, 0.1) is 11.6 Å². The van der Waals surface area contributed by atoms with Crippen molar-refractivity contribution < 1.29 is 18.4 Å². The standard InChI is InChI=1S/C16H15F2N3O2/c1-9(2)20-15(22)10-5-6-19-14(7-10)16(23)21-11-3-4-12(17)13(18)8-11/h3-9H,1-2H3,(H,20,22)(H,21,23). The summed E-state index contributed by atoms with van der Waals surface area (Å²) in [5, 5.41) is 5.09. The summed E-state index contributed by atoms with van der Waals surface area (Å²) in [5.74, 6) is -3.03. The molecule has 0 fully saturated rings. The molecule has 0 aliphatic heterocycles. The van der Waals surface area contributed by atoms with Crippen LogP contribution < -0.4 is 10.6 Å². The lowest BCUT2D eigenvalue weighted by Crippen LogP contribution is -2.30. The van der Waals surface area contributed by atoms with Gasteiger partial charge in [0.05, 0.1) is 0 Å². The maximum absolute atomic E-state index is 13.1. The fraction of sp³-hybridized carbons (Fsp3) is 0.188. The number of rotatable bonds is 4. The molecule has 23 heavy (non-hydrogen) atoms. The number of carbonyl (C=O) groups excluding carboxylic acids is 2. The Morgan fingerprint density at radius 1 is 1.04 bits per heavy atom. The van der Waals surface area contributed by atoms with Crippen molar-refractivity contribution >= 4 is 17.5 Å². The van der Waals surface area contributed by atoms with Crippen LogP contribution >= 0.6 is 0 Å². The van der Waals surface area contributed by atoms with Crippen molar-refractivity contribution in [2.45, 2.75) is 19.9 Å². The Morgan fingerprint density at radius 2 is 1.78 bits per heavy atom. The number of halogens is 2. The summed E-state index contributed by atoms with van der Waals surface area (Å²) in [6.45, 7) is 3.63. The predicted octanol–water partition coefficient (Wildman–Crippen LogP) is 2.75. The third-order valence-corrected chi connectivity index (χ3v) is 2.85. The van der Waals surface area contributed by atoms with Gasteiger partial charge in [-0.3, -0.25) is 14.6 Å². The summed E-state index contributed by atoms with van der Waals surface area (Å²) in [6.07, 6.45) is 1.33. The van der Waals surface area contributed by atoms with Gasteiger partial charge in [0, 0.05) is 29.6 Å². The molecule has 2 N–H and O–H groups in total. The second-order valence-electron chi connectivity index (χ2n) is 5.14. The van der Waals surface area contributed by atoms with Crippen LogP contribution in [0.25, 0.3) is 0 Å². The fourth-order valence-electron chi connectivity index (χ4n) is 1.81. The largest absolute Gasteiger partial charge is 0.350 e. The Kier molecular flexibility index (Phi) is 5.00. The number of nitrogens with one attached hydrogen (secondary N) is 2. The van der Waals surface area contributed by atoms with E-state index in [0.717, 1.165) is 12.1 Å². The van der Waals surface area contributed by atoms with E-state index in [1.165, 1.54) is 24.4 Å². The second-order valence-corrected chi connectivity index (χ2v) is 5.14. The molecule has 1 aromatic heterocycles. The van der Waals surface area contributed by atoms with Gasteiger partial charge >= 0.3 is 0 Å². The minimum absolute atomic E-state index is 0.00820. The Morgan fingerprint density at radius 3 is 2.43 bits per heavy atom. The van der Waals surface area contributed by atoms with Crippen molar-refractivity contribution in [1.29, 1.82) is 0 Å². The molecule has 2 rings (SSSR count). The number of hydrogen-bond donors (Lipinski definition) is 2. The molecule has 0 unspecified atom stereocenters. The first-order chi connectivity index (χ1) is 10.9. The Hall–Kier alpha value is -2.83. The lowest BCUT2D eigenvalue weighted by Gasteiger charge is -2.09. The third-order valence-electron chi connectivity index (χ3n) is 2.85. The zero-order valence-corrected chi connectivity index (χ0v) is 12.6. The molecular formula is C16H15F2N3O2. The van der Waals surface area contributed by atoms with Crippen LogP contribution in [0.2, 0.25) is 0 Å². The molecule has 2 aromatic rings. The van der Waals surface area contributed by atoms with E-state index in [4.69, 9.17) is 0 Å². The van der Waals surface area contributed by atoms with Crippen molar-refractivity contribution in [2.75, 3.05) is 5.32 Å². The highest BCUT2D eigenvalue weighted by Gasteiger charge is 2.13. The fourth-order valence-corrected chi connectivity index (χ4v) is 1.81.